The number of fused-ring (bicyclic) bond motifs is 1. The summed E-state index contributed by atoms with van der Waals surface area (Å²) in [5, 5.41) is 0.947. The van der Waals surface area contributed by atoms with Gasteiger partial charge in [-0.15, -0.1) is 0 Å². The van der Waals surface area contributed by atoms with Crippen molar-refractivity contribution in [3.05, 3.63) is 59.5 Å². The van der Waals surface area contributed by atoms with Crippen LogP contribution in [0, 0.1) is 5.92 Å². The molecule has 0 unspecified atom stereocenters. The molecule has 178 valence electrons. The molecule has 2 fully saturated rings. The van der Waals surface area contributed by atoms with Crippen molar-refractivity contribution in [3.8, 4) is 0 Å². The second-order valence-electron chi connectivity index (χ2n) is 9.88. The van der Waals surface area contributed by atoms with Gasteiger partial charge >= 0.3 is 0 Å². The van der Waals surface area contributed by atoms with Gasteiger partial charge < -0.3 is 21.1 Å². The average Bonchev–Trinajstić information content (AvgIpc) is 2.83. The Morgan fingerprint density at radius 3 is 2.79 bits per heavy atom. The van der Waals surface area contributed by atoms with Gasteiger partial charge in [0.1, 0.15) is 5.69 Å². The number of hydrogen-bond acceptors (Lipinski definition) is 7. The molecule has 7 nitrogen and oxygen atoms in total. The minimum atomic E-state index is -0.0977. The number of aromatic nitrogens is 2. The van der Waals surface area contributed by atoms with E-state index in [4.69, 9.17) is 21.2 Å². The van der Waals surface area contributed by atoms with Gasteiger partial charge in [-0.2, -0.15) is 0 Å². The fourth-order valence-corrected chi connectivity index (χ4v) is 5.43. The maximum absolute atomic E-state index is 13.4. The van der Waals surface area contributed by atoms with Gasteiger partial charge in [-0.1, -0.05) is 19.1 Å². The van der Waals surface area contributed by atoms with E-state index in [9.17, 15) is 4.79 Å². The Balaban J connectivity index is 1.42. The van der Waals surface area contributed by atoms with Gasteiger partial charge in [-0.3, -0.25) is 9.78 Å². The number of anilines is 2. The summed E-state index contributed by atoms with van der Waals surface area (Å²) in [6, 6.07) is 10.3. The summed E-state index contributed by atoms with van der Waals surface area (Å²) in [6.45, 7) is 5.49. The highest BCUT2D eigenvalue weighted by Crippen LogP contribution is 2.31. The van der Waals surface area contributed by atoms with E-state index in [1.165, 1.54) is 5.56 Å². The summed E-state index contributed by atoms with van der Waals surface area (Å²) >= 11 is 0. The molecule has 0 saturated carbocycles. The SMILES string of the molecule is C[C@@H]1C[C@H](N)CN(c2ccncc2CC(=O)c2nc3cc(C4CCOCC4)ccc3cc2N)C1. The molecule has 0 amide bonds. The molecule has 4 N–H and O–H groups in total. The van der Waals surface area contributed by atoms with Gasteiger partial charge in [0.15, 0.2) is 5.78 Å². The van der Waals surface area contributed by atoms with Crippen molar-refractivity contribution in [1.82, 2.24) is 9.97 Å². The fraction of sp³-hybridized carbons (Fsp3) is 0.444. The number of Topliss-reactive ketones (excluding diaryl/α,β-unsaturated/α-hetero) is 1. The van der Waals surface area contributed by atoms with Gasteiger partial charge in [-0.25, -0.2) is 4.98 Å². The van der Waals surface area contributed by atoms with Gasteiger partial charge in [0.25, 0.3) is 0 Å². The summed E-state index contributed by atoms with van der Waals surface area (Å²) in [5.74, 6) is 0.871. The normalized spacial score (nSPS) is 21.6. The van der Waals surface area contributed by atoms with Crippen LogP contribution in [-0.2, 0) is 11.2 Å². The average molecular weight is 460 g/mol. The van der Waals surface area contributed by atoms with Crippen molar-refractivity contribution in [2.75, 3.05) is 36.9 Å². The Hall–Kier alpha value is -3.03. The maximum atomic E-state index is 13.4. The number of ether oxygens (including phenoxy) is 1. The summed E-state index contributed by atoms with van der Waals surface area (Å²) in [6.07, 6.45) is 6.78. The van der Waals surface area contributed by atoms with Crippen LogP contribution >= 0.6 is 0 Å². The van der Waals surface area contributed by atoms with Crippen LogP contribution in [0.3, 0.4) is 0 Å². The minimum absolute atomic E-state index is 0.0977. The molecule has 2 aromatic heterocycles. The lowest BCUT2D eigenvalue weighted by atomic mass is 9.91. The number of nitrogens with two attached hydrogens (primary N) is 2. The predicted octanol–water partition coefficient (Wildman–Crippen LogP) is 3.70. The van der Waals surface area contributed by atoms with Crippen molar-refractivity contribution in [2.24, 2.45) is 11.7 Å². The molecular formula is C27H33N5O2. The van der Waals surface area contributed by atoms with Gasteiger partial charge in [0.2, 0.25) is 0 Å². The molecule has 0 aliphatic carbocycles. The first-order valence-corrected chi connectivity index (χ1v) is 12.2. The zero-order valence-electron chi connectivity index (χ0n) is 19.7. The lowest BCUT2D eigenvalue weighted by Crippen LogP contribution is -2.46. The van der Waals surface area contributed by atoms with E-state index in [2.05, 4.69) is 35.0 Å². The number of rotatable bonds is 5. The highest BCUT2D eigenvalue weighted by atomic mass is 16.5. The Kier molecular flexibility index (Phi) is 6.48. The number of benzene rings is 1. The maximum Gasteiger partial charge on any atom is 0.187 e. The molecule has 2 aliphatic heterocycles. The van der Waals surface area contributed by atoms with Crippen LogP contribution < -0.4 is 16.4 Å². The van der Waals surface area contributed by atoms with E-state index < -0.39 is 0 Å². The van der Waals surface area contributed by atoms with E-state index in [1.807, 2.05) is 12.1 Å². The molecule has 7 heteroatoms. The van der Waals surface area contributed by atoms with Crippen LogP contribution in [0.25, 0.3) is 10.9 Å². The summed E-state index contributed by atoms with van der Waals surface area (Å²) in [7, 11) is 0. The number of pyridine rings is 2. The molecule has 0 spiro atoms. The second-order valence-corrected chi connectivity index (χ2v) is 9.88. The molecule has 2 saturated heterocycles. The molecule has 2 aliphatic rings. The number of hydrogen-bond donors (Lipinski definition) is 2. The van der Waals surface area contributed by atoms with Crippen LogP contribution in [0.4, 0.5) is 11.4 Å². The number of piperidine rings is 1. The molecule has 1 aromatic carbocycles. The highest BCUT2D eigenvalue weighted by molar-refractivity contribution is 6.03. The molecule has 4 heterocycles. The van der Waals surface area contributed by atoms with Crippen molar-refractivity contribution >= 4 is 28.1 Å². The smallest absolute Gasteiger partial charge is 0.187 e. The van der Waals surface area contributed by atoms with Crippen LogP contribution in [0.1, 0.15) is 53.7 Å². The Morgan fingerprint density at radius 1 is 1.18 bits per heavy atom. The first kappa shape index (κ1) is 22.7. The number of nitrogens with zero attached hydrogens (tertiary/aromatic N) is 3. The lowest BCUT2D eigenvalue weighted by Gasteiger charge is -2.37. The molecule has 5 rings (SSSR count). The van der Waals surface area contributed by atoms with Crippen molar-refractivity contribution in [2.45, 2.75) is 44.6 Å². The Morgan fingerprint density at radius 2 is 2.00 bits per heavy atom. The standard InChI is InChI=1S/C27H33N5O2/c1-17-10-22(28)16-32(15-17)25-4-7-30-14-21(25)13-26(33)27-23(29)11-20-3-2-19(12-24(20)31-27)18-5-8-34-9-6-18/h2-4,7,11-12,14,17-18,22H,5-6,8-10,13,15-16,28-29H2,1H3/t17-,22+/m1/s1. The third-order valence-electron chi connectivity index (χ3n) is 7.09. The van der Waals surface area contributed by atoms with Crippen LogP contribution in [0.5, 0.6) is 0 Å². The molecule has 2 atom stereocenters. The number of ketones is 1. The van der Waals surface area contributed by atoms with Crippen LogP contribution in [0.2, 0.25) is 0 Å². The Bertz CT molecular complexity index is 1180. The van der Waals surface area contributed by atoms with E-state index in [0.717, 1.165) is 67.7 Å². The molecule has 0 bridgehead atoms. The number of carbonyl (C=O) groups is 1. The van der Waals surface area contributed by atoms with Crippen molar-refractivity contribution in [3.63, 3.8) is 0 Å². The third kappa shape index (κ3) is 4.76. The predicted molar refractivity (Wildman–Crippen MR) is 135 cm³/mol. The molecule has 34 heavy (non-hydrogen) atoms. The Labute approximate surface area is 200 Å². The summed E-state index contributed by atoms with van der Waals surface area (Å²) in [5.41, 5.74) is 17.3. The minimum Gasteiger partial charge on any atom is -0.397 e. The quantitative estimate of drug-likeness (QED) is 0.560. The molecular weight excluding hydrogens is 426 g/mol. The number of nitrogen functional groups attached to an aromatic ring is 1. The first-order chi connectivity index (χ1) is 16.5. The highest BCUT2D eigenvalue weighted by Gasteiger charge is 2.25. The monoisotopic (exact) mass is 459 g/mol. The lowest BCUT2D eigenvalue weighted by molar-refractivity contribution is 0.0853. The van der Waals surface area contributed by atoms with Crippen molar-refractivity contribution in [1.29, 1.82) is 0 Å². The third-order valence-corrected chi connectivity index (χ3v) is 7.09. The molecule has 3 aromatic rings. The van der Waals surface area contributed by atoms with E-state index in [0.29, 0.717) is 23.2 Å². The summed E-state index contributed by atoms with van der Waals surface area (Å²) in [4.78, 5) is 24.7. The largest absolute Gasteiger partial charge is 0.397 e. The van der Waals surface area contributed by atoms with E-state index in [-0.39, 0.29) is 18.2 Å². The topological polar surface area (TPSA) is 107 Å². The second kappa shape index (κ2) is 9.68. The number of carbonyl (C=O) groups excluding carboxylic acids is 1. The van der Waals surface area contributed by atoms with Gasteiger partial charge in [0, 0.05) is 67.8 Å². The fourth-order valence-electron chi connectivity index (χ4n) is 5.43. The first-order valence-electron chi connectivity index (χ1n) is 12.2. The van der Waals surface area contributed by atoms with Crippen LogP contribution in [0.15, 0.2) is 42.7 Å². The molecule has 0 radical (unpaired) electrons. The van der Waals surface area contributed by atoms with Gasteiger partial charge in [-0.05, 0) is 54.9 Å². The van der Waals surface area contributed by atoms with E-state index in [1.54, 1.807) is 12.4 Å². The van der Waals surface area contributed by atoms with E-state index >= 15 is 0 Å². The van der Waals surface area contributed by atoms with Crippen molar-refractivity contribution < 1.29 is 9.53 Å². The zero-order chi connectivity index (χ0) is 23.7. The summed E-state index contributed by atoms with van der Waals surface area (Å²) < 4.78 is 5.50. The van der Waals surface area contributed by atoms with Crippen LogP contribution in [-0.4, -0.2) is 48.1 Å². The van der Waals surface area contributed by atoms with Gasteiger partial charge in [0.05, 0.1) is 11.2 Å². The zero-order valence-corrected chi connectivity index (χ0v) is 19.7.